The second-order valence-electron chi connectivity index (χ2n) is 4.18. The van der Waals surface area contributed by atoms with Crippen LogP contribution in [0.3, 0.4) is 0 Å². The average molecular weight is 292 g/mol. The van der Waals surface area contributed by atoms with Crippen molar-refractivity contribution in [2.45, 2.75) is 26.8 Å². The van der Waals surface area contributed by atoms with Crippen molar-refractivity contribution in [3.05, 3.63) is 21.4 Å². The molecule has 0 fully saturated rings. The summed E-state index contributed by atoms with van der Waals surface area (Å²) in [6.45, 7) is 4.64. The molecule has 0 aliphatic carbocycles. The Hall–Kier alpha value is -0.470. The van der Waals surface area contributed by atoms with Gasteiger partial charge >= 0.3 is 0 Å². The molecule has 0 aliphatic heterocycles. The quantitative estimate of drug-likeness (QED) is 0.788. The molecule has 1 aromatic rings. The third kappa shape index (κ3) is 4.33. The SMILES string of the molecule is Cc1cc(CNS(=O)(=O)N(C)CCCO)sc1C. The van der Waals surface area contributed by atoms with Gasteiger partial charge in [-0.15, -0.1) is 11.3 Å². The number of aliphatic hydroxyl groups is 1. The number of rotatable bonds is 7. The van der Waals surface area contributed by atoms with Crippen molar-refractivity contribution in [1.29, 1.82) is 0 Å². The number of aryl methyl sites for hydroxylation is 2. The predicted molar refractivity (Wildman–Crippen MR) is 73.9 cm³/mol. The van der Waals surface area contributed by atoms with Crippen molar-refractivity contribution in [2.75, 3.05) is 20.2 Å². The molecule has 5 nitrogen and oxygen atoms in total. The van der Waals surface area contributed by atoms with Gasteiger partial charge in [0.1, 0.15) is 0 Å². The van der Waals surface area contributed by atoms with Gasteiger partial charge in [-0.3, -0.25) is 0 Å². The van der Waals surface area contributed by atoms with E-state index in [-0.39, 0.29) is 6.61 Å². The lowest BCUT2D eigenvalue weighted by atomic mass is 10.3. The number of aliphatic hydroxyl groups excluding tert-OH is 1. The van der Waals surface area contributed by atoms with Crippen molar-refractivity contribution in [1.82, 2.24) is 9.03 Å². The van der Waals surface area contributed by atoms with Crippen molar-refractivity contribution in [3.63, 3.8) is 0 Å². The first-order valence-electron chi connectivity index (χ1n) is 5.74. The van der Waals surface area contributed by atoms with E-state index in [1.54, 1.807) is 11.3 Å². The van der Waals surface area contributed by atoms with Gasteiger partial charge in [-0.25, -0.2) is 0 Å². The smallest absolute Gasteiger partial charge is 0.279 e. The Kier molecular flexibility index (Phi) is 5.74. The molecule has 0 unspecified atom stereocenters. The topological polar surface area (TPSA) is 69.6 Å². The van der Waals surface area contributed by atoms with Gasteiger partial charge < -0.3 is 5.11 Å². The number of nitrogens with one attached hydrogen (secondary N) is 1. The third-order valence-electron chi connectivity index (χ3n) is 2.69. The molecule has 0 aliphatic rings. The second kappa shape index (κ2) is 6.63. The van der Waals surface area contributed by atoms with Crippen LogP contribution in [0, 0.1) is 13.8 Å². The highest BCUT2D eigenvalue weighted by atomic mass is 32.2. The lowest BCUT2D eigenvalue weighted by molar-refractivity contribution is 0.275. The van der Waals surface area contributed by atoms with Crippen LogP contribution in [0.2, 0.25) is 0 Å². The summed E-state index contributed by atoms with van der Waals surface area (Å²) in [7, 11) is -1.95. The Morgan fingerprint density at radius 2 is 2.11 bits per heavy atom. The summed E-state index contributed by atoms with van der Waals surface area (Å²) in [4.78, 5) is 2.21. The number of hydrogen-bond donors (Lipinski definition) is 2. The van der Waals surface area contributed by atoms with E-state index in [9.17, 15) is 8.42 Å². The predicted octanol–water partition coefficient (Wildman–Crippen LogP) is 1.01. The Morgan fingerprint density at radius 3 is 2.61 bits per heavy atom. The van der Waals surface area contributed by atoms with Crippen LogP contribution < -0.4 is 4.72 Å². The van der Waals surface area contributed by atoms with Crippen LogP contribution in [0.1, 0.15) is 21.7 Å². The van der Waals surface area contributed by atoms with Crippen LogP contribution in [-0.2, 0) is 16.8 Å². The molecule has 1 aromatic heterocycles. The maximum absolute atomic E-state index is 11.8. The van der Waals surface area contributed by atoms with Gasteiger partial charge in [-0.1, -0.05) is 0 Å². The van der Waals surface area contributed by atoms with Crippen molar-refractivity contribution >= 4 is 21.5 Å². The molecular weight excluding hydrogens is 272 g/mol. The highest BCUT2D eigenvalue weighted by Crippen LogP contribution is 2.20. The van der Waals surface area contributed by atoms with E-state index in [4.69, 9.17) is 5.11 Å². The Bertz CT molecular complexity index is 463. The van der Waals surface area contributed by atoms with Crippen LogP contribution in [0.25, 0.3) is 0 Å². The molecular formula is C11H20N2O3S2. The number of thiophene rings is 1. The number of nitrogens with zero attached hydrogens (tertiary/aromatic N) is 1. The molecule has 0 spiro atoms. The molecule has 0 aromatic carbocycles. The van der Waals surface area contributed by atoms with Crippen LogP contribution >= 0.6 is 11.3 Å². The molecule has 1 rings (SSSR count). The van der Waals surface area contributed by atoms with Gasteiger partial charge in [0.25, 0.3) is 10.2 Å². The van der Waals surface area contributed by atoms with Crippen LogP contribution in [0.4, 0.5) is 0 Å². The fourth-order valence-corrected chi connectivity index (χ4v) is 3.44. The van der Waals surface area contributed by atoms with Crippen LogP contribution in [-0.4, -0.2) is 38.0 Å². The Labute approximate surface area is 113 Å². The first kappa shape index (κ1) is 15.6. The summed E-state index contributed by atoms with van der Waals surface area (Å²) >= 11 is 1.60. The second-order valence-corrected chi connectivity index (χ2v) is 7.38. The molecule has 0 amide bonds. The number of hydrogen-bond acceptors (Lipinski definition) is 4. The van der Waals surface area contributed by atoms with Gasteiger partial charge in [0.15, 0.2) is 0 Å². The summed E-state index contributed by atoms with van der Waals surface area (Å²) < 4.78 is 27.4. The normalized spacial score (nSPS) is 12.3. The van der Waals surface area contributed by atoms with Gasteiger partial charge in [0.05, 0.1) is 0 Å². The summed E-state index contributed by atoms with van der Waals surface area (Å²) in [6.07, 6.45) is 0.439. The molecule has 7 heteroatoms. The first-order chi connectivity index (χ1) is 8.36. The first-order valence-corrected chi connectivity index (χ1v) is 8.00. The fourth-order valence-electron chi connectivity index (χ4n) is 1.42. The molecule has 104 valence electrons. The summed E-state index contributed by atoms with van der Waals surface area (Å²) in [5.74, 6) is 0. The molecule has 2 N–H and O–H groups in total. The van der Waals surface area contributed by atoms with Gasteiger partial charge in [-0.05, 0) is 31.9 Å². The highest BCUT2D eigenvalue weighted by molar-refractivity contribution is 7.87. The fraction of sp³-hybridized carbons (Fsp3) is 0.636. The minimum atomic E-state index is -3.46. The van der Waals surface area contributed by atoms with Gasteiger partial charge in [0, 0.05) is 36.5 Å². The monoisotopic (exact) mass is 292 g/mol. The minimum absolute atomic E-state index is 0.0107. The zero-order chi connectivity index (χ0) is 13.8. The molecule has 0 atom stereocenters. The van der Waals surface area contributed by atoms with Gasteiger partial charge in [-0.2, -0.15) is 17.4 Å². The largest absolute Gasteiger partial charge is 0.396 e. The zero-order valence-corrected chi connectivity index (χ0v) is 12.6. The Balaban J connectivity index is 2.56. The molecule has 0 bridgehead atoms. The van der Waals surface area contributed by atoms with E-state index >= 15 is 0 Å². The maximum atomic E-state index is 11.8. The summed E-state index contributed by atoms with van der Waals surface area (Å²) in [6, 6.07) is 2.00. The third-order valence-corrected chi connectivity index (χ3v) is 5.35. The standard InChI is InChI=1S/C11H20N2O3S2/c1-9-7-11(17-10(9)2)8-12-18(15,16)13(3)5-4-6-14/h7,12,14H,4-6,8H2,1-3H3. The summed E-state index contributed by atoms with van der Waals surface area (Å²) in [5, 5.41) is 8.68. The maximum Gasteiger partial charge on any atom is 0.279 e. The van der Waals surface area contributed by atoms with E-state index in [1.807, 2.05) is 19.9 Å². The zero-order valence-electron chi connectivity index (χ0n) is 10.9. The van der Waals surface area contributed by atoms with Crippen LogP contribution in [0.5, 0.6) is 0 Å². The van der Waals surface area contributed by atoms with Crippen molar-refractivity contribution in [2.24, 2.45) is 0 Å². The van der Waals surface area contributed by atoms with Crippen LogP contribution in [0.15, 0.2) is 6.07 Å². The Morgan fingerprint density at radius 1 is 1.44 bits per heavy atom. The van der Waals surface area contributed by atoms with Gasteiger partial charge in [0.2, 0.25) is 0 Å². The molecule has 0 saturated heterocycles. The summed E-state index contributed by atoms with van der Waals surface area (Å²) in [5.41, 5.74) is 1.18. The van der Waals surface area contributed by atoms with E-state index in [0.717, 1.165) is 4.88 Å². The lowest BCUT2D eigenvalue weighted by Crippen LogP contribution is -2.38. The minimum Gasteiger partial charge on any atom is -0.396 e. The highest BCUT2D eigenvalue weighted by Gasteiger charge is 2.16. The van der Waals surface area contributed by atoms with E-state index in [2.05, 4.69) is 4.72 Å². The molecule has 0 radical (unpaired) electrons. The lowest BCUT2D eigenvalue weighted by Gasteiger charge is -2.16. The molecule has 18 heavy (non-hydrogen) atoms. The molecule has 1 heterocycles. The van der Waals surface area contributed by atoms with Crippen molar-refractivity contribution in [3.8, 4) is 0 Å². The van der Waals surface area contributed by atoms with E-state index in [0.29, 0.717) is 19.5 Å². The van der Waals surface area contributed by atoms with E-state index in [1.165, 1.54) is 21.8 Å². The van der Waals surface area contributed by atoms with Crippen molar-refractivity contribution < 1.29 is 13.5 Å². The average Bonchev–Trinajstić information content (AvgIpc) is 2.63. The van der Waals surface area contributed by atoms with E-state index < -0.39 is 10.2 Å². The molecule has 0 saturated carbocycles.